The van der Waals surface area contributed by atoms with E-state index >= 15 is 0 Å². The maximum absolute atomic E-state index is 4.19. The Hall–Kier alpha value is -0.310. The van der Waals surface area contributed by atoms with E-state index in [1.54, 1.807) is 0 Å². The van der Waals surface area contributed by atoms with E-state index in [4.69, 9.17) is 0 Å². The van der Waals surface area contributed by atoms with Crippen LogP contribution in [0.25, 0.3) is 0 Å². The van der Waals surface area contributed by atoms with E-state index in [0.717, 1.165) is 36.3 Å². The number of rotatable bonds is 3. The molecule has 2 bridgehead atoms. The largest absolute Gasteiger partial charge is 0.310 e. The maximum atomic E-state index is 4.19. The van der Waals surface area contributed by atoms with Crippen LogP contribution < -0.4 is 5.32 Å². The zero-order valence-corrected chi connectivity index (χ0v) is 13.3. The molecule has 4 rings (SSSR count). The van der Waals surface area contributed by atoms with Crippen molar-refractivity contribution >= 4 is 24.8 Å². The van der Waals surface area contributed by atoms with Crippen molar-refractivity contribution in [3.8, 4) is 0 Å². The molecule has 0 saturated heterocycles. The molecule has 2 nitrogen and oxygen atoms in total. The van der Waals surface area contributed by atoms with E-state index in [1.165, 1.54) is 37.7 Å². The minimum absolute atomic E-state index is 0. The molecule has 3 aliphatic carbocycles. The smallest absolute Gasteiger partial charge is 0.0312 e. The normalized spacial score (nSPS) is 37.1. The third-order valence-electron chi connectivity index (χ3n) is 5.72. The van der Waals surface area contributed by atoms with Gasteiger partial charge in [0.2, 0.25) is 0 Å². The van der Waals surface area contributed by atoms with Gasteiger partial charge in [-0.15, -0.1) is 24.8 Å². The molecule has 0 amide bonds. The number of halogens is 2. The van der Waals surface area contributed by atoms with Gasteiger partial charge in [0.05, 0.1) is 0 Å². The van der Waals surface area contributed by atoms with Gasteiger partial charge in [-0.3, -0.25) is 4.98 Å². The molecule has 3 saturated carbocycles. The van der Waals surface area contributed by atoms with Crippen molar-refractivity contribution in [2.24, 2.45) is 23.7 Å². The summed E-state index contributed by atoms with van der Waals surface area (Å²) in [5.41, 5.74) is 1.32. The highest BCUT2D eigenvalue weighted by Gasteiger charge is 2.53. The lowest BCUT2D eigenvalue weighted by atomic mass is 9.79. The van der Waals surface area contributed by atoms with E-state index in [1.807, 2.05) is 18.5 Å². The van der Waals surface area contributed by atoms with Crippen molar-refractivity contribution in [1.29, 1.82) is 0 Å². The highest BCUT2D eigenvalue weighted by molar-refractivity contribution is 5.85. The Kier molecular flexibility index (Phi) is 5.33. The van der Waals surface area contributed by atoms with Crippen LogP contribution in [0.5, 0.6) is 0 Å². The van der Waals surface area contributed by atoms with Crippen LogP contribution in [0, 0.1) is 23.7 Å². The number of nitrogens with zero attached hydrogens (tertiary/aromatic N) is 1. The predicted octanol–water partition coefficient (Wildman–Crippen LogP) is 3.84. The SMILES string of the molecule is Cl.Cl.c1cncc(CN[C@@H]2C[C@@H]3C[C@H]2[C@@H]2CCC[C@H]32)c1. The van der Waals surface area contributed by atoms with Crippen molar-refractivity contribution < 1.29 is 0 Å². The van der Waals surface area contributed by atoms with Crippen LogP contribution in [-0.2, 0) is 6.54 Å². The first-order valence-corrected chi connectivity index (χ1v) is 7.54. The second-order valence-corrected chi connectivity index (χ2v) is 6.50. The van der Waals surface area contributed by atoms with Gasteiger partial charge in [0.1, 0.15) is 0 Å². The minimum atomic E-state index is 0. The standard InChI is InChI=1S/C16H22N2.2ClH/c1-4-13-12-7-15(14(13)5-1)16(8-12)18-10-11-3-2-6-17-9-11;;/h2-3,6,9,12-16,18H,1,4-5,7-8,10H2;2*1H/t12-,13+,14+,15-,16+;;/m0../s1. The second kappa shape index (κ2) is 6.64. The van der Waals surface area contributed by atoms with Gasteiger partial charge in [-0.2, -0.15) is 0 Å². The monoisotopic (exact) mass is 314 g/mol. The molecule has 0 aliphatic heterocycles. The lowest BCUT2D eigenvalue weighted by molar-refractivity contribution is 0.208. The first-order chi connectivity index (χ1) is 8.92. The highest BCUT2D eigenvalue weighted by Crippen LogP contribution is 2.58. The topological polar surface area (TPSA) is 24.9 Å². The predicted molar refractivity (Wildman–Crippen MR) is 86.4 cm³/mol. The fraction of sp³-hybridized carbons (Fsp3) is 0.688. The molecule has 1 N–H and O–H groups in total. The summed E-state index contributed by atoms with van der Waals surface area (Å²) < 4.78 is 0. The zero-order valence-electron chi connectivity index (χ0n) is 11.7. The molecule has 0 aromatic carbocycles. The third-order valence-corrected chi connectivity index (χ3v) is 5.72. The van der Waals surface area contributed by atoms with E-state index in [-0.39, 0.29) is 24.8 Å². The summed E-state index contributed by atoms with van der Waals surface area (Å²) in [4.78, 5) is 4.19. The van der Waals surface area contributed by atoms with Gasteiger partial charge in [0.25, 0.3) is 0 Å². The van der Waals surface area contributed by atoms with Gasteiger partial charge in [0, 0.05) is 25.0 Å². The van der Waals surface area contributed by atoms with Gasteiger partial charge in [-0.1, -0.05) is 12.5 Å². The van der Waals surface area contributed by atoms with Gasteiger partial charge in [0.15, 0.2) is 0 Å². The Morgan fingerprint density at radius 3 is 2.75 bits per heavy atom. The van der Waals surface area contributed by atoms with Gasteiger partial charge in [-0.05, 0) is 61.0 Å². The maximum Gasteiger partial charge on any atom is 0.0312 e. The molecule has 5 atom stereocenters. The Balaban J connectivity index is 0.000000735. The van der Waals surface area contributed by atoms with Crippen molar-refractivity contribution in [3.05, 3.63) is 30.1 Å². The average Bonchev–Trinajstić information content (AvgIpc) is 3.09. The van der Waals surface area contributed by atoms with Gasteiger partial charge < -0.3 is 5.32 Å². The third kappa shape index (κ3) is 2.70. The van der Waals surface area contributed by atoms with E-state index in [9.17, 15) is 0 Å². The first kappa shape index (κ1) is 16.1. The Morgan fingerprint density at radius 2 is 1.95 bits per heavy atom. The summed E-state index contributed by atoms with van der Waals surface area (Å²) in [5, 5.41) is 3.80. The van der Waals surface area contributed by atoms with Crippen molar-refractivity contribution in [2.45, 2.75) is 44.7 Å². The molecule has 4 heteroatoms. The molecule has 20 heavy (non-hydrogen) atoms. The highest BCUT2D eigenvalue weighted by atomic mass is 35.5. The Bertz CT molecular complexity index is 426. The summed E-state index contributed by atoms with van der Waals surface area (Å²) in [5.74, 6) is 4.20. The number of nitrogens with one attached hydrogen (secondary N) is 1. The van der Waals surface area contributed by atoms with Crippen LogP contribution >= 0.6 is 24.8 Å². The van der Waals surface area contributed by atoms with Crippen LogP contribution in [0.15, 0.2) is 24.5 Å². The number of hydrogen-bond donors (Lipinski definition) is 1. The molecule has 1 aromatic heterocycles. The summed E-state index contributed by atoms with van der Waals surface area (Å²) in [6.07, 6.45) is 11.3. The molecule has 112 valence electrons. The second-order valence-electron chi connectivity index (χ2n) is 6.50. The summed E-state index contributed by atoms with van der Waals surface area (Å²) in [6.45, 7) is 0.999. The van der Waals surface area contributed by atoms with E-state index in [2.05, 4.69) is 16.4 Å². The Morgan fingerprint density at radius 1 is 1.10 bits per heavy atom. The molecule has 1 heterocycles. The summed E-state index contributed by atoms with van der Waals surface area (Å²) in [6, 6.07) is 4.99. The molecule has 1 aromatic rings. The van der Waals surface area contributed by atoms with Gasteiger partial charge >= 0.3 is 0 Å². The zero-order chi connectivity index (χ0) is 11.9. The number of aromatic nitrogens is 1. The molecular weight excluding hydrogens is 291 g/mol. The molecule has 3 aliphatic rings. The first-order valence-electron chi connectivity index (χ1n) is 7.54. The minimum Gasteiger partial charge on any atom is -0.310 e. The van der Waals surface area contributed by atoms with E-state index in [0.29, 0.717) is 0 Å². The van der Waals surface area contributed by atoms with Crippen molar-refractivity contribution in [3.63, 3.8) is 0 Å². The lowest BCUT2D eigenvalue weighted by Crippen LogP contribution is -2.38. The van der Waals surface area contributed by atoms with E-state index < -0.39 is 0 Å². The van der Waals surface area contributed by atoms with Crippen LogP contribution in [0.3, 0.4) is 0 Å². The molecule has 0 spiro atoms. The van der Waals surface area contributed by atoms with Crippen LogP contribution in [0.4, 0.5) is 0 Å². The molecule has 0 radical (unpaired) electrons. The number of pyridine rings is 1. The molecular formula is C16H24Cl2N2. The summed E-state index contributed by atoms with van der Waals surface area (Å²) >= 11 is 0. The summed E-state index contributed by atoms with van der Waals surface area (Å²) in [7, 11) is 0. The van der Waals surface area contributed by atoms with Crippen molar-refractivity contribution in [1.82, 2.24) is 10.3 Å². The van der Waals surface area contributed by atoms with Crippen LogP contribution in [0.1, 0.15) is 37.7 Å². The van der Waals surface area contributed by atoms with Crippen LogP contribution in [0.2, 0.25) is 0 Å². The fourth-order valence-corrected chi connectivity index (χ4v) is 5.05. The van der Waals surface area contributed by atoms with Crippen LogP contribution in [-0.4, -0.2) is 11.0 Å². The fourth-order valence-electron chi connectivity index (χ4n) is 5.05. The lowest BCUT2D eigenvalue weighted by Gasteiger charge is -2.32. The number of fused-ring (bicyclic) bond motifs is 5. The molecule has 0 unspecified atom stereocenters. The number of hydrogen-bond acceptors (Lipinski definition) is 2. The Labute approximate surface area is 134 Å². The quantitative estimate of drug-likeness (QED) is 0.917. The molecule has 3 fully saturated rings. The van der Waals surface area contributed by atoms with Crippen molar-refractivity contribution in [2.75, 3.05) is 0 Å². The average molecular weight is 315 g/mol. The van der Waals surface area contributed by atoms with Gasteiger partial charge in [-0.25, -0.2) is 0 Å².